The van der Waals surface area contributed by atoms with Gasteiger partial charge in [0, 0.05) is 13.6 Å². The number of imide groups is 1. The fourth-order valence-corrected chi connectivity index (χ4v) is 2.95. The molecule has 1 N–H and O–H groups in total. The second kappa shape index (κ2) is 6.27. The number of methoxy groups -OCH3 is 1. The molecule has 1 fully saturated rings. The molecule has 6 nitrogen and oxygen atoms in total. The van der Waals surface area contributed by atoms with Crippen molar-refractivity contribution in [3.63, 3.8) is 0 Å². The highest BCUT2D eigenvalue weighted by Gasteiger charge is 2.47. The molecule has 0 radical (unpaired) electrons. The van der Waals surface area contributed by atoms with E-state index in [9.17, 15) is 14.4 Å². The van der Waals surface area contributed by atoms with Crippen LogP contribution in [0.25, 0.3) is 0 Å². The molecule has 1 saturated heterocycles. The van der Waals surface area contributed by atoms with Crippen LogP contribution in [0.5, 0.6) is 0 Å². The van der Waals surface area contributed by atoms with Gasteiger partial charge in [0.2, 0.25) is 5.91 Å². The summed E-state index contributed by atoms with van der Waals surface area (Å²) in [7, 11) is 3.01. The molecule has 0 aromatic carbocycles. The van der Waals surface area contributed by atoms with Gasteiger partial charge in [-0.05, 0) is 37.4 Å². The van der Waals surface area contributed by atoms with E-state index in [0.29, 0.717) is 6.54 Å². The molecule has 1 rings (SSSR count). The number of ether oxygens (including phenoxy) is 1. The SMILES string of the molecule is COC(=O)N(C)CCCC(C)C1(C)SC(=O)NC1=O. The summed E-state index contributed by atoms with van der Waals surface area (Å²) in [6.07, 6.45) is 1.14. The summed E-state index contributed by atoms with van der Waals surface area (Å²) in [4.78, 5) is 35.7. The Labute approximate surface area is 117 Å². The van der Waals surface area contributed by atoms with Crippen molar-refractivity contribution >= 4 is 29.0 Å². The van der Waals surface area contributed by atoms with Crippen molar-refractivity contribution in [2.24, 2.45) is 5.92 Å². The molecule has 1 aliphatic heterocycles. The van der Waals surface area contributed by atoms with Gasteiger partial charge in [0.15, 0.2) is 0 Å². The molecule has 0 aromatic heterocycles. The van der Waals surface area contributed by atoms with Crippen molar-refractivity contribution in [2.45, 2.75) is 31.4 Å². The summed E-state index contributed by atoms with van der Waals surface area (Å²) in [5.41, 5.74) is 0. The second-order valence-electron chi connectivity index (χ2n) is 4.89. The largest absolute Gasteiger partial charge is 0.453 e. The number of carbonyl (C=O) groups excluding carboxylic acids is 3. The predicted octanol–water partition coefficient (Wildman–Crippen LogP) is 1.84. The second-order valence-corrected chi connectivity index (χ2v) is 6.31. The van der Waals surface area contributed by atoms with E-state index in [4.69, 9.17) is 0 Å². The molecule has 0 aliphatic carbocycles. The smallest absolute Gasteiger partial charge is 0.409 e. The van der Waals surface area contributed by atoms with Crippen LogP contribution in [0.2, 0.25) is 0 Å². The van der Waals surface area contributed by atoms with Gasteiger partial charge in [-0.1, -0.05) is 6.92 Å². The van der Waals surface area contributed by atoms with Gasteiger partial charge in [-0.25, -0.2) is 4.79 Å². The average molecular weight is 288 g/mol. The van der Waals surface area contributed by atoms with Crippen LogP contribution in [-0.2, 0) is 9.53 Å². The zero-order valence-electron chi connectivity index (χ0n) is 11.7. The molecular formula is C12H20N2O4S. The van der Waals surface area contributed by atoms with Crippen molar-refractivity contribution in [1.29, 1.82) is 0 Å². The monoisotopic (exact) mass is 288 g/mol. The summed E-state index contributed by atoms with van der Waals surface area (Å²) in [6, 6.07) is 0. The first-order valence-corrected chi connectivity index (χ1v) is 6.96. The zero-order valence-corrected chi connectivity index (χ0v) is 12.5. The minimum Gasteiger partial charge on any atom is -0.453 e. The van der Waals surface area contributed by atoms with Gasteiger partial charge in [-0.15, -0.1) is 0 Å². The van der Waals surface area contributed by atoms with Crippen molar-refractivity contribution in [3.8, 4) is 0 Å². The number of thioether (sulfide) groups is 1. The third-order valence-electron chi connectivity index (χ3n) is 3.53. The first kappa shape index (κ1) is 15.8. The van der Waals surface area contributed by atoms with E-state index in [1.807, 2.05) is 6.92 Å². The van der Waals surface area contributed by atoms with Crippen molar-refractivity contribution < 1.29 is 19.1 Å². The lowest BCUT2D eigenvalue weighted by Crippen LogP contribution is -2.39. The van der Waals surface area contributed by atoms with E-state index in [0.717, 1.165) is 24.6 Å². The molecule has 108 valence electrons. The molecule has 0 saturated carbocycles. The van der Waals surface area contributed by atoms with E-state index in [-0.39, 0.29) is 23.2 Å². The summed E-state index contributed by atoms with van der Waals surface area (Å²) >= 11 is 1.05. The van der Waals surface area contributed by atoms with Crippen LogP contribution in [0.3, 0.4) is 0 Å². The number of rotatable bonds is 5. The van der Waals surface area contributed by atoms with E-state index in [1.54, 1.807) is 14.0 Å². The number of amides is 3. The standard InChI is InChI=1S/C12H20N2O4S/c1-8(6-5-7-14(3)11(17)18-4)12(2)9(15)13-10(16)19-12/h8H,5-7H2,1-4H3,(H,13,15,16). The van der Waals surface area contributed by atoms with E-state index >= 15 is 0 Å². The third kappa shape index (κ3) is 3.62. The Morgan fingerprint density at radius 3 is 2.63 bits per heavy atom. The molecule has 2 atom stereocenters. The molecule has 1 heterocycles. The molecular weight excluding hydrogens is 268 g/mol. The Morgan fingerprint density at radius 1 is 1.53 bits per heavy atom. The van der Waals surface area contributed by atoms with Gasteiger partial charge in [-0.3, -0.25) is 14.9 Å². The first-order valence-electron chi connectivity index (χ1n) is 6.14. The normalized spacial score (nSPS) is 24.0. The Balaban J connectivity index is 2.43. The maximum absolute atomic E-state index is 11.8. The highest BCUT2D eigenvalue weighted by atomic mass is 32.2. The van der Waals surface area contributed by atoms with Crippen LogP contribution in [0, 0.1) is 5.92 Å². The lowest BCUT2D eigenvalue weighted by atomic mass is 9.90. The van der Waals surface area contributed by atoms with Crippen molar-refractivity contribution in [1.82, 2.24) is 10.2 Å². The van der Waals surface area contributed by atoms with Gasteiger partial charge in [0.25, 0.3) is 5.24 Å². The number of carbonyl (C=O) groups is 3. The fraction of sp³-hybridized carbons (Fsp3) is 0.750. The highest BCUT2D eigenvalue weighted by molar-refractivity contribution is 8.16. The Hall–Kier alpha value is -1.24. The van der Waals surface area contributed by atoms with Gasteiger partial charge in [0.05, 0.1) is 7.11 Å². The van der Waals surface area contributed by atoms with Crippen LogP contribution < -0.4 is 5.32 Å². The lowest BCUT2D eigenvalue weighted by Gasteiger charge is -2.27. The molecule has 2 unspecified atom stereocenters. The van der Waals surface area contributed by atoms with Crippen LogP contribution in [0.1, 0.15) is 26.7 Å². The van der Waals surface area contributed by atoms with E-state index in [1.165, 1.54) is 12.0 Å². The predicted molar refractivity (Wildman–Crippen MR) is 73.0 cm³/mol. The lowest BCUT2D eigenvalue weighted by molar-refractivity contribution is -0.122. The van der Waals surface area contributed by atoms with Crippen LogP contribution >= 0.6 is 11.8 Å². The fourth-order valence-electron chi connectivity index (χ4n) is 1.96. The highest BCUT2D eigenvalue weighted by Crippen LogP contribution is 2.39. The Morgan fingerprint density at radius 2 is 2.16 bits per heavy atom. The number of hydrogen-bond acceptors (Lipinski definition) is 5. The van der Waals surface area contributed by atoms with Crippen molar-refractivity contribution in [2.75, 3.05) is 20.7 Å². The summed E-state index contributed by atoms with van der Waals surface area (Å²) in [5.74, 6) is -0.175. The molecule has 3 amide bonds. The van der Waals surface area contributed by atoms with Gasteiger partial charge in [0.1, 0.15) is 4.75 Å². The third-order valence-corrected chi connectivity index (χ3v) is 4.83. The first-order chi connectivity index (χ1) is 8.81. The molecule has 7 heteroatoms. The van der Waals surface area contributed by atoms with Crippen LogP contribution in [0.15, 0.2) is 0 Å². The minimum absolute atomic E-state index is 0.0509. The molecule has 0 aromatic rings. The van der Waals surface area contributed by atoms with E-state index < -0.39 is 4.75 Å². The van der Waals surface area contributed by atoms with Gasteiger partial charge in [-0.2, -0.15) is 0 Å². The minimum atomic E-state index is -0.707. The summed E-state index contributed by atoms with van der Waals surface area (Å²) in [5, 5.41) is 2.03. The van der Waals surface area contributed by atoms with E-state index in [2.05, 4.69) is 10.1 Å². The number of nitrogens with one attached hydrogen (secondary N) is 1. The van der Waals surface area contributed by atoms with Crippen LogP contribution in [0.4, 0.5) is 9.59 Å². The molecule has 0 spiro atoms. The molecule has 0 bridgehead atoms. The maximum Gasteiger partial charge on any atom is 0.409 e. The summed E-state index contributed by atoms with van der Waals surface area (Å²) < 4.78 is 3.89. The van der Waals surface area contributed by atoms with Gasteiger partial charge < -0.3 is 9.64 Å². The quantitative estimate of drug-likeness (QED) is 0.835. The Kier molecular flexibility index (Phi) is 5.22. The molecule has 19 heavy (non-hydrogen) atoms. The summed E-state index contributed by atoms with van der Waals surface area (Å²) in [6.45, 7) is 4.29. The zero-order chi connectivity index (χ0) is 14.6. The maximum atomic E-state index is 11.8. The molecule has 1 aliphatic rings. The number of hydrogen-bond donors (Lipinski definition) is 1. The van der Waals surface area contributed by atoms with Gasteiger partial charge >= 0.3 is 6.09 Å². The topological polar surface area (TPSA) is 75.7 Å². The average Bonchev–Trinajstić information content (AvgIpc) is 2.62. The van der Waals surface area contributed by atoms with Crippen molar-refractivity contribution in [3.05, 3.63) is 0 Å². The Bertz CT molecular complexity index is 388. The van der Waals surface area contributed by atoms with Crippen LogP contribution in [-0.4, -0.2) is 47.6 Å². The number of nitrogens with zero attached hydrogens (tertiary/aromatic N) is 1.